The molecule has 1 aromatic heterocycles. The normalized spacial score (nSPS) is 10.2. The van der Waals surface area contributed by atoms with Crippen LogP contribution in [0.3, 0.4) is 0 Å². The first-order chi connectivity index (χ1) is 6.49. The van der Waals surface area contributed by atoms with Gasteiger partial charge in [0, 0.05) is 17.0 Å². The van der Waals surface area contributed by atoms with E-state index in [1.807, 2.05) is 6.92 Å². The summed E-state index contributed by atoms with van der Waals surface area (Å²) in [6.45, 7) is 5.20. The molecule has 0 saturated heterocycles. The van der Waals surface area contributed by atoms with Crippen molar-refractivity contribution in [2.24, 2.45) is 0 Å². The molecule has 0 aromatic carbocycles. The molecule has 76 valence electrons. The number of hydrogen-bond acceptors (Lipinski definition) is 2. The maximum atomic E-state index is 11.6. The van der Waals surface area contributed by atoms with Crippen LogP contribution < -0.4 is 5.43 Å². The van der Waals surface area contributed by atoms with Gasteiger partial charge in [0.2, 0.25) is 0 Å². The zero-order chi connectivity index (χ0) is 10.9. The Labute approximate surface area is 81.6 Å². The van der Waals surface area contributed by atoms with Gasteiger partial charge in [-0.25, -0.2) is 4.79 Å². The van der Waals surface area contributed by atoms with Gasteiger partial charge in [0.1, 0.15) is 5.56 Å². The van der Waals surface area contributed by atoms with Crippen LogP contribution in [0.25, 0.3) is 0 Å². The van der Waals surface area contributed by atoms with Gasteiger partial charge in [-0.15, -0.1) is 0 Å². The average Bonchev–Trinajstić information content (AvgIpc) is 2.12. The number of aromatic nitrogens is 1. The lowest BCUT2D eigenvalue weighted by molar-refractivity contribution is 0.0693. The predicted molar refractivity (Wildman–Crippen MR) is 52.9 cm³/mol. The minimum absolute atomic E-state index is 0.129. The lowest BCUT2D eigenvalue weighted by Crippen LogP contribution is -2.22. The average molecular weight is 195 g/mol. The van der Waals surface area contributed by atoms with Crippen molar-refractivity contribution in [3.63, 3.8) is 0 Å². The van der Waals surface area contributed by atoms with Gasteiger partial charge in [-0.1, -0.05) is 6.92 Å². The molecule has 0 aliphatic carbocycles. The van der Waals surface area contributed by atoms with E-state index >= 15 is 0 Å². The van der Waals surface area contributed by atoms with E-state index in [0.717, 1.165) is 5.69 Å². The van der Waals surface area contributed by atoms with Crippen molar-refractivity contribution in [1.82, 2.24) is 4.98 Å². The van der Waals surface area contributed by atoms with Gasteiger partial charge in [-0.2, -0.15) is 0 Å². The maximum Gasteiger partial charge on any atom is 0.341 e. The third kappa shape index (κ3) is 1.55. The molecule has 0 amide bonds. The Bertz CT molecular complexity index is 432. The molecule has 0 saturated carbocycles. The molecular weight excluding hydrogens is 182 g/mol. The van der Waals surface area contributed by atoms with E-state index in [1.54, 1.807) is 13.8 Å². The summed E-state index contributed by atoms with van der Waals surface area (Å²) < 4.78 is 0. The van der Waals surface area contributed by atoms with Crippen molar-refractivity contribution in [2.45, 2.75) is 27.2 Å². The molecule has 0 aliphatic rings. The highest BCUT2D eigenvalue weighted by Crippen LogP contribution is 2.07. The molecule has 1 heterocycles. The highest BCUT2D eigenvalue weighted by atomic mass is 16.4. The van der Waals surface area contributed by atoms with Crippen LogP contribution in [0.4, 0.5) is 0 Å². The number of H-pyrrole nitrogens is 1. The Kier molecular flexibility index (Phi) is 2.74. The fraction of sp³-hybridized carbons (Fsp3) is 0.400. The van der Waals surface area contributed by atoms with Gasteiger partial charge < -0.3 is 10.1 Å². The second-order valence-electron chi connectivity index (χ2n) is 3.22. The number of pyridine rings is 1. The molecule has 4 heteroatoms. The fourth-order valence-electron chi connectivity index (χ4n) is 1.37. The van der Waals surface area contributed by atoms with Gasteiger partial charge in [-0.05, 0) is 20.3 Å². The van der Waals surface area contributed by atoms with Crippen molar-refractivity contribution in [3.8, 4) is 0 Å². The smallest absolute Gasteiger partial charge is 0.341 e. The Morgan fingerprint density at radius 2 is 2.00 bits per heavy atom. The third-order valence-corrected chi connectivity index (χ3v) is 2.34. The van der Waals surface area contributed by atoms with Gasteiger partial charge in [-0.3, -0.25) is 4.79 Å². The Morgan fingerprint density at radius 1 is 1.43 bits per heavy atom. The zero-order valence-corrected chi connectivity index (χ0v) is 8.47. The van der Waals surface area contributed by atoms with E-state index in [-0.39, 0.29) is 11.0 Å². The van der Waals surface area contributed by atoms with Crippen molar-refractivity contribution >= 4 is 5.97 Å². The molecule has 0 atom stereocenters. The molecule has 0 spiro atoms. The second kappa shape index (κ2) is 3.65. The topological polar surface area (TPSA) is 70.2 Å². The van der Waals surface area contributed by atoms with Crippen LogP contribution in [-0.4, -0.2) is 16.1 Å². The molecule has 0 radical (unpaired) electrons. The van der Waals surface area contributed by atoms with E-state index in [2.05, 4.69) is 4.98 Å². The van der Waals surface area contributed by atoms with Crippen LogP contribution in [-0.2, 0) is 6.42 Å². The highest BCUT2D eigenvalue weighted by molar-refractivity contribution is 5.89. The molecule has 4 nitrogen and oxygen atoms in total. The first-order valence-electron chi connectivity index (χ1n) is 4.44. The van der Waals surface area contributed by atoms with Crippen LogP contribution >= 0.6 is 0 Å². The largest absolute Gasteiger partial charge is 0.477 e. The number of aryl methyl sites for hydroxylation is 2. The molecule has 1 aromatic rings. The minimum Gasteiger partial charge on any atom is -0.477 e. The summed E-state index contributed by atoms with van der Waals surface area (Å²) >= 11 is 0. The number of carbonyl (C=O) groups is 1. The minimum atomic E-state index is -1.16. The summed E-state index contributed by atoms with van der Waals surface area (Å²) in [5.74, 6) is -1.16. The van der Waals surface area contributed by atoms with Crippen molar-refractivity contribution in [2.75, 3.05) is 0 Å². The van der Waals surface area contributed by atoms with Gasteiger partial charge >= 0.3 is 5.97 Å². The van der Waals surface area contributed by atoms with Crippen LogP contribution in [0, 0.1) is 13.8 Å². The number of rotatable bonds is 2. The highest BCUT2D eigenvalue weighted by Gasteiger charge is 2.16. The summed E-state index contributed by atoms with van der Waals surface area (Å²) in [5, 5.41) is 8.87. The third-order valence-electron chi connectivity index (χ3n) is 2.34. The predicted octanol–water partition coefficient (Wildman–Crippen LogP) is 1.25. The summed E-state index contributed by atoms with van der Waals surface area (Å²) in [6, 6.07) is 0. The molecule has 0 bridgehead atoms. The van der Waals surface area contributed by atoms with Crippen LogP contribution in [0.15, 0.2) is 4.79 Å². The fourth-order valence-corrected chi connectivity index (χ4v) is 1.37. The molecule has 2 N–H and O–H groups in total. The lowest BCUT2D eigenvalue weighted by atomic mass is 10.1. The standard InChI is InChI=1S/C10H13NO3/c1-4-7-8(10(13)14)9(12)5(2)6(3)11-7/h4H2,1-3H3,(H,11,12)(H,13,14). The zero-order valence-electron chi connectivity index (χ0n) is 8.47. The molecule has 0 unspecified atom stereocenters. The number of carboxylic acid groups (broad SMARTS) is 1. The van der Waals surface area contributed by atoms with E-state index in [1.165, 1.54) is 0 Å². The second-order valence-corrected chi connectivity index (χ2v) is 3.22. The van der Waals surface area contributed by atoms with E-state index in [0.29, 0.717) is 17.7 Å². The van der Waals surface area contributed by atoms with Gasteiger partial charge in [0.15, 0.2) is 5.43 Å². The first-order valence-corrected chi connectivity index (χ1v) is 4.44. The van der Waals surface area contributed by atoms with Gasteiger partial charge in [0.25, 0.3) is 0 Å². The Morgan fingerprint density at radius 3 is 2.43 bits per heavy atom. The van der Waals surface area contributed by atoms with Crippen LogP contribution in [0.2, 0.25) is 0 Å². The quantitative estimate of drug-likeness (QED) is 0.746. The van der Waals surface area contributed by atoms with E-state index < -0.39 is 5.97 Å². The number of nitrogens with one attached hydrogen (secondary N) is 1. The van der Waals surface area contributed by atoms with E-state index in [9.17, 15) is 9.59 Å². The summed E-state index contributed by atoms with van der Waals surface area (Å²) in [5.41, 5.74) is 1.18. The van der Waals surface area contributed by atoms with Gasteiger partial charge in [0.05, 0.1) is 0 Å². The molecule has 0 fully saturated rings. The van der Waals surface area contributed by atoms with Crippen molar-refractivity contribution < 1.29 is 9.90 Å². The molecular formula is C10H13NO3. The first kappa shape index (κ1) is 10.5. The maximum absolute atomic E-state index is 11.6. The number of carboxylic acids is 1. The Balaban J connectivity index is 3.62. The summed E-state index contributed by atoms with van der Waals surface area (Å²) in [7, 11) is 0. The van der Waals surface area contributed by atoms with Crippen molar-refractivity contribution in [1.29, 1.82) is 0 Å². The van der Waals surface area contributed by atoms with Crippen LogP contribution in [0.5, 0.6) is 0 Å². The number of aromatic amines is 1. The summed E-state index contributed by atoms with van der Waals surface area (Å²) in [4.78, 5) is 25.4. The lowest BCUT2D eigenvalue weighted by Gasteiger charge is -2.07. The van der Waals surface area contributed by atoms with Crippen LogP contribution in [0.1, 0.15) is 34.2 Å². The molecule has 1 rings (SSSR count). The molecule has 0 aliphatic heterocycles. The summed E-state index contributed by atoms with van der Waals surface area (Å²) in [6.07, 6.45) is 0.512. The molecule has 14 heavy (non-hydrogen) atoms. The van der Waals surface area contributed by atoms with E-state index in [4.69, 9.17) is 5.11 Å². The number of aromatic carboxylic acids is 1. The SMILES string of the molecule is CCc1[nH]c(C)c(C)c(=O)c1C(=O)O. The van der Waals surface area contributed by atoms with Crippen molar-refractivity contribution in [3.05, 3.63) is 32.7 Å². The Hall–Kier alpha value is -1.58. The number of hydrogen-bond donors (Lipinski definition) is 2. The monoisotopic (exact) mass is 195 g/mol.